The number of benzene rings is 2. The van der Waals surface area contributed by atoms with E-state index >= 15 is 0 Å². The molecular formula is C20H20F4N2O3S. The second kappa shape index (κ2) is 8.73. The molecule has 10 heteroatoms. The van der Waals surface area contributed by atoms with Crippen molar-refractivity contribution in [2.45, 2.75) is 30.5 Å². The van der Waals surface area contributed by atoms with Crippen molar-refractivity contribution in [1.82, 2.24) is 9.62 Å². The normalized spacial score (nSPS) is 16.4. The first kappa shape index (κ1) is 22.2. The first-order valence-corrected chi connectivity index (χ1v) is 10.7. The highest BCUT2D eigenvalue weighted by Crippen LogP contribution is 2.32. The van der Waals surface area contributed by atoms with E-state index in [1.807, 2.05) is 0 Å². The van der Waals surface area contributed by atoms with Crippen LogP contribution >= 0.6 is 0 Å². The Morgan fingerprint density at radius 2 is 1.73 bits per heavy atom. The van der Waals surface area contributed by atoms with Gasteiger partial charge >= 0.3 is 6.18 Å². The second-order valence-electron chi connectivity index (χ2n) is 7.05. The van der Waals surface area contributed by atoms with Crippen LogP contribution in [0.15, 0.2) is 53.4 Å². The summed E-state index contributed by atoms with van der Waals surface area (Å²) >= 11 is 0. The van der Waals surface area contributed by atoms with E-state index in [-0.39, 0.29) is 38.4 Å². The number of halogens is 4. The topological polar surface area (TPSA) is 66.5 Å². The highest BCUT2D eigenvalue weighted by molar-refractivity contribution is 7.89. The van der Waals surface area contributed by atoms with Crippen molar-refractivity contribution in [3.05, 3.63) is 65.5 Å². The maximum atomic E-state index is 13.2. The number of carbonyl (C=O) groups excluding carboxylic acids is 1. The lowest BCUT2D eigenvalue weighted by molar-refractivity contribution is -0.137. The predicted octanol–water partition coefficient (Wildman–Crippen LogP) is 3.56. The first-order valence-electron chi connectivity index (χ1n) is 9.27. The quantitative estimate of drug-likeness (QED) is 0.718. The van der Waals surface area contributed by atoms with Gasteiger partial charge in [-0.3, -0.25) is 4.79 Å². The number of nitrogens with zero attached hydrogens (tertiary/aromatic N) is 1. The molecular weight excluding hydrogens is 424 g/mol. The Kier molecular flexibility index (Phi) is 6.47. The van der Waals surface area contributed by atoms with Crippen LogP contribution < -0.4 is 5.32 Å². The van der Waals surface area contributed by atoms with Gasteiger partial charge < -0.3 is 5.32 Å². The second-order valence-corrected chi connectivity index (χ2v) is 8.99. The summed E-state index contributed by atoms with van der Waals surface area (Å²) < 4.78 is 78.4. The van der Waals surface area contributed by atoms with Crippen LogP contribution in [-0.4, -0.2) is 31.7 Å². The molecule has 0 atom stereocenters. The van der Waals surface area contributed by atoms with Gasteiger partial charge in [-0.1, -0.05) is 18.2 Å². The Hall–Kier alpha value is -2.46. The van der Waals surface area contributed by atoms with Gasteiger partial charge in [0.1, 0.15) is 5.82 Å². The number of hydrogen-bond donors (Lipinski definition) is 1. The van der Waals surface area contributed by atoms with Crippen molar-refractivity contribution < 1.29 is 30.8 Å². The molecule has 0 spiro atoms. The lowest BCUT2D eigenvalue weighted by Gasteiger charge is -2.30. The average Bonchev–Trinajstić information content (AvgIpc) is 2.71. The number of piperidine rings is 1. The molecule has 2 aromatic rings. The minimum Gasteiger partial charge on any atom is -0.352 e. The molecule has 1 saturated heterocycles. The van der Waals surface area contributed by atoms with Crippen molar-refractivity contribution in [3.63, 3.8) is 0 Å². The predicted molar refractivity (Wildman–Crippen MR) is 101 cm³/mol. The third kappa shape index (κ3) is 5.17. The smallest absolute Gasteiger partial charge is 0.352 e. The van der Waals surface area contributed by atoms with E-state index in [9.17, 15) is 30.8 Å². The van der Waals surface area contributed by atoms with E-state index in [2.05, 4.69) is 5.32 Å². The number of rotatable bonds is 5. The fourth-order valence-electron chi connectivity index (χ4n) is 3.32. The number of carbonyl (C=O) groups is 1. The summed E-state index contributed by atoms with van der Waals surface area (Å²) in [4.78, 5) is 11.9. The monoisotopic (exact) mass is 444 g/mol. The number of nitrogens with one attached hydrogen (secondary N) is 1. The number of hydrogen-bond acceptors (Lipinski definition) is 3. The maximum Gasteiger partial charge on any atom is 0.416 e. The average molecular weight is 444 g/mol. The standard InChI is InChI=1S/C20H20F4N2O3S/c21-17-5-1-3-14(11-17)13-25-19(27)15-7-9-26(10-8-15)30(28,29)18-6-2-4-16(12-18)20(22,23)24/h1-6,11-12,15H,7-10,13H2,(H,25,27). The molecule has 5 nitrogen and oxygen atoms in total. The largest absolute Gasteiger partial charge is 0.416 e. The van der Waals surface area contributed by atoms with Crippen LogP contribution in [0.1, 0.15) is 24.0 Å². The van der Waals surface area contributed by atoms with Crippen molar-refractivity contribution in [3.8, 4) is 0 Å². The zero-order chi connectivity index (χ0) is 21.9. The van der Waals surface area contributed by atoms with Gasteiger partial charge in [0.25, 0.3) is 0 Å². The van der Waals surface area contributed by atoms with E-state index in [1.54, 1.807) is 6.07 Å². The summed E-state index contributed by atoms with van der Waals surface area (Å²) in [6, 6.07) is 9.43. The van der Waals surface area contributed by atoms with Crippen LogP contribution in [0.2, 0.25) is 0 Å². The zero-order valence-corrected chi connectivity index (χ0v) is 16.6. The summed E-state index contributed by atoms with van der Waals surface area (Å²) in [7, 11) is -4.09. The van der Waals surface area contributed by atoms with Crippen molar-refractivity contribution in [1.29, 1.82) is 0 Å². The van der Waals surface area contributed by atoms with Crippen molar-refractivity contribution in [2.75, 3.05) is 13.1 Å². The summed E-state index contributed by atoms with van der Waals surface area (Å²) in [5.74, 6) is -1.10. The molecule has 0 saturated carbocycles. The van der Waals surface area contributed by atoms with Gasteiger partial charge in [-0.15, -0.1) is 0 Å². The van der Waals surface area contributed by atoms with Gasteiger partial charge in [0.2, 0.25) is 15.9 Å². The highest BCUT2D eigenvalue weighted by Gasteiger charge is 2.35. The maximum absolute atomic E-state index is 13.2. The van der Waals surface area contributed by atoms with E-state index in [0.717, 1.165) is 22.5 Å². The Labute approximate surface area is 171 Å². The minimum atomic E-state index is -4.64. The van der Waals surface area contributed by atoms with Crippen molar-refractivity contribution >= 4 is 15.9 Å². The zero-order valence-electron chi connectivity index (χ0n) is 15.8. The molecule has 1 aliphatic heterocycles. The van der Waals surface area contributed by atoms with Gasteiger partial charge in [0.05, 0.1) is 10.5 Å². The molecule has 30 heavy (non-hydrogen) atoms. The molecule has 1 N–H and O–H groups in total. The van der Waals surface area contributed by atoms with Crippen LogP contribution in [0.25, 0.3) is 0 Å². The Balaban J connectivity index is 1.60. The Morgan fingerprint density at radius 1 is 1.07 bits per heavy atom. The van der Waals surface area contributed by atoms with Crippen LogP contribution in [0.5, 0.6) is 0 Å². The first-order chi connectivity index (χ1) is 14.1. The lowest BCUT2D eigenvalue weighted by Crippen LogP contribution is -2.42. The molecule has 1 heterocycles. The summed E-state index contributed by atoms with van der Waals surface area (Å²) in [5, 5.41) is 2.71. The lowest BCUT2D eigenvalue weighted by atomic mass is 9.97. The SMILES string of the molecule is O=C(NCc1cccc(F)c1)C1CCN(S(=O)(=O)c2cccc(C(F)(F)F)c2)CC1. The summed E-state index contributed by atoms with van der Waals surface area (Å²) in [6.07, 6.45) is -4.15. The van der Waals surface area contributed by atoms with Crippen LogP contribution in [0.4, 0.5) is 17.6 Å². The minimum absolute atomic E-state index is 0.0244. The van der Waals surface area contributed by atoms with Gasteiger partial charge in [0, 0.05) is 25.6 Å². The molecule has 0 radical (unpaired) electrons. The molecule has 0 bridgehead atoms. The fraction of sp³-hybridized carbons (Fsp3) is 0.350. The molecule has 0 aromatic heterocycles. The van der Waals surface area contributed by atoms with E-state index in [0.29, 0.717) is 11.6 Å². The molecule has 2 aromatic carbocycles. The molecule has 3 rings (SSSR count). The third-order valence-electron chi connectivity index (χ3n) is 4.98. The van der Waals surface area contributed by atoms with Crippen LogP contribution in [0, 0.1) is 11.7 Å². The van der Waals surface area contributed by atoms with E-state index < -0.39 is 38.4 Å². The van der Waals surface area contributed by atoms with Gasteiger partial charge in [0.15, 0.2) is 0 Å². The number of sulfonamides is 1. The number of alkyl halides is 3. The summed E-state index contributed by atoms with van der Waals surface area (Å²) in [5.41, 5.74) is -0.428. The van der Waals surface area contributed by atoms with Crippen LogP contribution in [0.3, 0.4) is 0 Å². The molecule has 162 valence electrons. The molecule has 0 unspecified atom stereocenters. The summed E-state index contributed by atoms with van der Waals surface area (Å²) in [6.45, 7) is 0.201. The molecule has 1 amide bonds. The third-order valence-corrected chi connectivity index (χ3v) is 6.87. The fourth-order valence-corrected chi connectivity index (χ4v) is 4.84. The highest BCUT2D eigenvalue weighted by atomic mass is 32.2. The molecule has 1 aliphatic rings. The van der Waals surface area contributed by atoms with Crippen LogP contribution in [-0.2, 0) is 27.5 Å². The molecule has 0 aliphatic carbocycles. The number of amides is 1. The van der Waals surface area contributed by atoms with Gasteiger partial charge in [-0.05, 0) is 48.7 Å². The van der Waals surface area contributed by atoms with Crippen molar-refractivity contribution in [2.24, 2.45) is 5.92 Å². The van der Waals surface area contributed by atoms with E-state index in [1.165, 1.54) is 18.2 Å². The Bertz CT molecular complexity index is 1020. The van der Waals surface area contributed by atoms with Gasteiger partial charge in [-0.2, -0.15) is 17.5 Å². The van der Waals surface area contributed by atoms with E-state index in [4.69, 9.17) is 0 Å². The van der Waals surface area contributed by atoms with Gasteiger partial charge in [-0.25, -0.2) is 12.8 Å². The Morgan fingerprint density at radius 3 is 2.37 bits per heavy atom. The molecule has 1 fully saturated rings.